The zero-order chi connectivity index (χ0) is 10.1. The van der Waals surface area contributed by atoms with Crippen LogP contribution in [0.5, 0.6) is 0 Å². The van der Waals surface area contributed by atoms with Gasteiger partial charge in [-0.1, -0.05) is 41.9 Å². The highest BCUT2D eigenvalue weighted by molar-refractivity contribution is 6.35. The Bertz CT molecular complexity index is 463. The fourth-order valence-corrected chi connectivity index (χ4v) is 1.91. The molecule has 1 nitrogen and oxygen atoms in total. The summed E-state index contributed by atoms with van der Waals surface area (Å²) in [7, 11) is 0. The summed E-state index contributed by atoms with van der Waals surface area (Å²) in [5, 5.41) is 3.00. The summed E-state index contributed by atoms with van der Waals surface area (Å²) in [5.41, 5.74) is 7.03. The number of benzene rings is 2. The highest BCUT2D eigenvalue weighted by atomic mass is 35.5. The SMILES string of the molecule is C[C@@H](N)c1ccc(Cl)c2ccccc12. The van der Waals surface area contributed by atoms with Crippen molar-refractivity contribution in [2.24, 2.45) is 5.73 Å². The molecule has 2 N–H and O–H groups in total. The van der Waals surface area contributed by atoms with Gasteiger partial charge in [-0.3, -0.25) is 0 Å². The molecule has 0 heterocycles. The molecule has 2 rings (SSSR count). The Morgan fingerprint density at radius 1 is 1.07 bits per heavy atom. The van der Waals surface area contributed by atoms with Crippen LogP contribution >= 0.6 is 11.6 Å². The minimum atomic E-state index is 0.0390. The van der Waals surface area contributed by atoms with E-state index in [-0.39, 0.29) is 6.04 Å². The highest BCUT2D eigenvalue weighted by Gasteiger charge is 2.06. The second kappa shape index (κ2) is 3.60. The average molecular weight is 206 g/mol. The third-order valence-corrected chi connectivity index (χ3v) is 2.72. The molecule has 0 aliphatic rings. The number of hydrogen-bond acceptors (Lipinski definition) is 1. The van der Waals surface area contributed by atoms with Gasteiger partial charge in [0.2, 0.25) is 0 Å². The van der Waals surface area contributed by atoms with Crippen molar-refractivity contribution in [1.29, 1.82) is 0 Å². The topological polar surface area (TPSA) is 26.0 Å². The standard InChI is InChI=1S/C12H12ClN/c1-8(14)9-6-7-12(13)11-5-3-2-4-10(9)11/h2-8H,14H2,1H3/t8-/m1/s1. The first-order valence-electron chi connectivity index (χ1n) is 4.63. The van der Waals surface area contributed by atoms with Gasteiger partial charge in [0.25, 0.3) is 0 Å². The average Bonchev–Trinajstić information content (AvgIpc) is 2.18. The van der Waals surface area contributed by atoms with E-state index in [1.165, 1.54) is 0 Å². The molecule has 0 saturated heterocycles. The number of hydrogen-bond donors (Lipinski definition) is 1. The zero-order valence-corrected chi connectivity index (χ0v) is 8.75. The second-order valence-corrected chi connectivity index (χ2v) is 3.88. The van der Waals surface area contributed by atoms with Gasteiger partial charge in [-0.25, -0.2) is 0 Å². The molecule has 1 atom stereocenters. The maximum atomic E-state index is 6.09. The molecule has 0 saturated carbocycles. The first-order valence-corrected chi connectivity index (χ1v) is 5.00. The predicted molar refractivity (Wildman–Crippen MR) is 61.6 cm³/mol. The van der Waals surface area contributed by atoms with Crippen LogP contribution in [0.15, 0.2) is 36.4 Å². The molecule has 2 heteroatoms. The Kier molecular flexibility index (Phi) is 2.44. The van der Waals surface area contributed by atoms with Crippen LogP contribution in [0, 0.1) is 0 Å². The Labute approximate surface area is 88.5 Å². The van der Waals surface area contributed by atoms with Crippen LogP contribution in [0.2, 0.25) is 5.02 Å². The zero-order valence-electron chi connectivity index (χ0n) is 8.00. The van der Waals surface area contributed by atoms with Crippen LogP contribution in [0.25, 0.3) is 10.8 Å². The van der Waals surface area contributed by atoms with Crippen molar-refractivity contribution >= 4 is 22.4 Å². The van der Waals surface area contributed by atoms with Gasteiger partial charge in [0.1, 0.15) is 0 Å². The lowest BCUT2D eigenvalue weighted by Gasteiger charge is -2.10. The quantitative estimate of drug-likeness (QED) is 0.758. The van der Waals surface area contributed by atoms with Gasteiger partial charge in [0.05, 0.1) is 0 Å². The summed E-state index contributed by atoms with van der Waals surface area (Å²) < 4.78 is 0. The number of nitrogens with two attached hydrogens (primary N) is 1. The molecular weight excluding hydrogens is 194 g/mol. The van der Waals surface area contributed by atoms with Crippen molar-refractivity contribution in [2.45, 2.75) is 13.0 Å². The van der Waals surface area contributed by atoms with Gasteiger partial charge in [0.15, 0.2) is 0 Å². The Hall–Kier alpha value is -1.05. The predicted octanol–water partition coefficient (Wildman–Crippen LogP) is 3.51. The summed E-state index contributed by atoms with van der Waals surface area (Å²) in [5.74, 6) is 0. The molecule has 0 aromatic heterocycles. The van der Waals surface area contributed by atoms with Gasteiger partial charge in [-0.15, -0.1) is 0 Å². The van der Waals surface area contributed by atoms with E-state index in [4.69, 9.17) is 17.3 Å². The molecule has 72 valence electrons. The van der Waals surface area contributed by atoms with Crippen molar-refractivity contribution < 1.29 is 0 Å². The highest BCUT2D eigenvalue weighted by Crippen LogP contribution is 2.28. The van der Waals surface area contributed by atoms with Crippen LogP contribution in [-0.4, -0.2) is 0 Å². The van der Waals surface area contributed by atoms with Crippen LogP contribution in [0.4, 0.5) is 0 Å². The van der Waals surface area contributed by atoms with Gasteiger partial charge >= 0.3 is 0 Å². The van der Waals surface area contributed by atoms with Crippen molar-refractivity contribution in [3.8, 4) is 0 Å². The second-order valence-electron chi connectivity index (χ2n) is 3.47. The molecule has 0 bridgehead atoms. The summed E-state index contributed by atoms with van der Waals surface area (Å²) in [6.45, 7) is 1.98. The summed E-state index contributed by atoms with van der Waals surface area (Å²) in [6, 6.07) is 12.0. The monoisotopic (exact) mass is 205 g/mol. The molecule has 0 aliphatic heterocycles. The van der Waals surface area contributed by atoms with Gasteiger partial charge in [-0.05, 0) is 23.9 Å². The van der Waals surface area contributed by atoms with E-state index in [0.717, 1.165) is 21.4 Å². The van der Waals surface area contributed by atoms with E-state index >= 15 is 0 Å². The molecule has 0 aliphatic carbocycles. The number of rotatable bonds is 1. The number of fused-ring (bicyclic) bond motifs is 1. The summed E-state index contributed by atoms with van der Waals surface area (Å²) >= 11 is 6.09. The van der Waals surface area contributed by atoms with Gasteiger partial charge in [-0.2, -0.15) is 0 Å². The summed E-state index contributed by atoms with van der Waals surface area (Å²) in [4.78, 5) is 0. The van der Waals surface area contributed by atoms with Crippen LogP contribution in [0.1, 0.15) is 18.5 Å². The van der Waals surface area contributed by atoms with E-state index in [9.17, 15) is 0 Å². The van der Waals surface area contributed by atoms with Crippen LogP contribution < -0.4 is 5.73 Å². The molecule has 2 aromatic carbocycles. The largest absolute Gasteiger partial charge is 0.324 e. The van der Waals surface area contributed by atoms with E-state index in [1.807, 2.05) is 37.3 Å². The minimum Gasteiger partial charge on any atom is -0.324 e. The Morgan fingerprint density at radius 3 is 2.36 bits per heavy atom. The molecule has 0 unspecified atom stereocenters. The molecule has 14 heavy (non-hydrogen) atoms. The molecule has 0 spiro atoms. The fourth-order valence-electron chi connectivity index (χ4n) is 1.68. The lowest BCUT2D eigenvalue weighted by atomic mass is 10.0. The van der Waals surface area contributed by atoms with Crippen LogP contribution in [-0.2, 0) is 0 Å². The summed E-state index contributed by atoms with van der Waals surface area (Å²) in [6.07, 6.45) is 0. The van der Waals surface area contributed by atoms with Crippen molar-refractivity contribution in [3.63, 3.8) is 0 Å². The van der Waals surface area contributed by atoms with Gasteiger partial charge in [0, 0.05) is 16.5 Å². The molecule has 0 amide bonds. The van der Waals surface area contributed by atoms with E-state index in [1.54, 1.807) is 0 Å². The molecule has 0 fully saturated rings. The van der Waals surface area contributed by atoms with Gasteiger partial charge < -0.3 is 5.73 Å². The Balaban J connectivity index is 2.82. The smallest absolute Gasteiger partial charge is 0.0484 e. The minimum absolute atomic E-state index is 0.0390. The third-order valence-electron chi connectivity index (χ3n) is 2.40. The lowest BCUT2D eigenvalue weighted by Crippen LogP contribution is -2.05. The normalized spacial score (nSPS) is 13.1. The van der Waals surface area contributed by atoms with Crippen LogP contribution in [0.3, 0.4) is 0 Å². The lowest BCUT2D eigenvalue weighted by molar-refractivity contribution is 0.827. The van der Waals surface area contributed by atoms with E-state index in [0.29, 0.717) is 0 Å². The first-order chi connectivity index (χ1) is 6.70. The number of halogens is 1. The molecular formula is C12H12ClN. The van der Waals surface area contributed by atoms with Crippen molar-refractivity contribution in [1.82, 2.24) is 0 Å². The molecule has 0 radical (unpaired) electrons. The van der Waals surface area contributed by atoms with E-state index in [2.05, 4.69) is 6.07 Å². The Morgan fingerprint density at radius 2 is 1.71 bits per heavy atom. The van der Waals surface area contributed by atoms with Crippen molar-refractivity contribution in [3.05, 3.63) is 47.0 Å². The van der Waals surface area contributed by atoms with Crippen molar-refractivity contribution in [2.75, 3.05) is 0 Å². The maximum Gasteiger partial charge on any atom is 0.0484 e. The molecule has 2 aromatic rings. The van der Waals surface area contributed by atoms with E-state index < -0.39 is 0 Å². The fraction of sp³-hybridized carbons (Fsp3) is 0.167. The maximum absolute atomic E-state index is 6.09. The first kappa shape index (κ1) is 9.50. The third kappa shape index (κ3) is 1.49.